The summed E-state index contributed by atoms with van der Waals surface area (Å²) >= 11 is 0. The molecule has 0 aliphatic heterocycles. The summed E-state index contributed by atoms with van der Waals surface area (Å²) in [5.74, 6) is -0.684. The number of anilines is 1. The second-order valence-electron chi connectivity index (χ2n) is 3.70. The Morgan fingerprint density at radius 2 is 2.06 bits per heavy atom. The van der Waals surface area contributed by atoms with Crippen molar-refractivity contribution in [3.8, 4) is 5.75 Å². The number of halogens is 3. The SMILES string of the molecule is COc1cccc(N)c1C(=O)N(C)CC(F)(F)F. The maximum atomic E-state index is 12.2. The highest BCUT2D eigenvalue weighted by atomic mass is 19.4. The van der Waals surface area contributed by atoms with Crippen molar-refractivity contribution >= 4 is 11.6 Å². The summed E-state index contributed by atoms with van der Waals surface area (Å²) in [6.45, 7) is -1.34. The highest BCUT2D eigenvalue weighted by Gasteiger charge is 2.32. The van der Waals surface area contributed by atoms with Gasteiger partial charge in [0.2, 0.25) is 0 Å². The number of carbonyl (C=O) groups excluding carboxylic acids is 1. The fourth-order valence-corrected chi connectivity index (χ4v) is 1.48. The average Bonchev–Trinajstić information content (AvgIpc) is 2.25. The predicted molar refractivity (Wildman–Crippen MR) is 60.4 cm³/mol. The van der Waals surface area contributed by atoms with Crippen molar-refractivity contribution in [3.05, 3.63) is 23.8 Å². The molecular weight excluding hydrogens is 249 g/mol. The van der Waals surface area contributed by atoms with Gasteiger partial charge in [0.05, 0.1) is 7.11 Å². The van der Waals surface area contributed by atoms with Crippen molar-refractivity contribution < 1.29 is 22.7 Å². The van der Waals surface area contributed by atoms with E-state index >= 15 is 0 Å². The van der Waals surface area contributed by atoms with Crippen LogP contribution in [-0.2, 0) is 0 Å². The highest BCUT2D eigenvalue weighted by molar-refractivity contribution is 6.01. The minimum Gasteiger partial charge on any atom is -0.496 e. The third-order valence-corrected chi connectivity index (χ3v) is 2.26. The number of nitrogen functional groups attached to an aromatic ring is 1. The number of ether oxygens (including phenoxy) is 1. The number of hydrogen-bond acceptors (Lipinski definition) is 3. The van der Waals surface area contributed by atoms with Crippen LogP contribution in [0.5, 0.6) is 5.75 Å². The topological polar surface area (TPSA) is 55.6 Å². The van der Waals surface area contributed by atoms with Gasteiger partial charge in [-0.1, -0.05) is 6.07 Å². The lowest BCUT2D eigenvalue weighted by Crippen LogP contribution is -2.36. The van der Waals surface area contributed by atoms with Gasteiger partial charge in [-0.15, -0.1) is 0 Å². The maximum Gasteiger partial charge on any atom is 0.406 e. The van der Waals surface area contributed by atoms with Crippen molar-refractivity contribution in [2.45, 2.75) is 6.18 Å². The molecule has 0 saturated heterocycles. The van der Waals surface area contributed by atoms with Crippen LogP contribution in [0, 0.1) is 0 Å². The normalized spacial score (nSPS) is 11.2. The molecular formula is C11H13F3N2O2. The summed E-state index contributed by atoms with van der Waals surface area (Å²) in [4.78, 5) is 12.4. The van der Waals surface area contributed by atoms with Crippen molar-refractivity contribution in [2.75, 3.05) is 26.4 Å². The second-order valence-corrected chi connectivity index (χ2v) is 3.70. The Kier molecular flexibility index (Phi) is 4.05. The summed E-state index contributed by atoms with van der Waals surface area (Å²) < 4.78 is 41.5. The fraction of sp³-hybridized carbons (Fsp3) is 0.364. The first-order valence-electron chi connectivity index (χ1n) is 5.01. The lowest BCUT2D eigenvalue weighted by molar-refractivity contribution is -0.138. The lowest BCUT2D eigenvalue weighted by atomic mass is 10.1. The average molecular weight is 262 g/mol. The number of benzene rings is 1. The Balaban J connectivity index is 3.04. The number of alkyl halides is 3. The van der Waals surface area contributed by atoms with Gasteiger partial charge in [-0.25, -0.2) is 0 Å². The molecule has 18 heavy (non-hydrogen) atoms. The largest absolute Gasteiger partial charge is 0.496 e. The van der Waals surface area contributed by atoms with Crippen LogP contribution in [0.2, 0.25) is 0 Å². The zero-order chi connectivity index (χ0) is 13.9. The van der Waals surface area contributed by atoms with Gasteiger partial charge in [-0.2, -0.15) is 13.2 Å². The van der Waals surface area contributed by atoms with Gasteiger partial charge in [-0.05, 0) is 12.1 Å². The van der Waals surface area contributed by atoms with Gasteiger partial charge in [0.25, 0.3) is 5.91 Å². The first-order valence-corrected chi connectivity index (χ1v) is 5.01. The molecule has 1 aromatic carbocycles. The number of rotatable bonds is 3. The zero-order valence-electron chi connectivity index (χ0n) is 9.91. The molecule has 4 nitrogen and oxygen atoms in total. The highest BCUT2D eigenvalue weighted by Crippen LogP contribution is 2.26. The molecule has 0 saturated carbocycles. The Morgan fingerprint density at radius 3 is 2.56 bits per heavy atom. The Hall–Kier alpha value is -1.92. The van der Waals surface area contributed by atoms with E-state index in [1.54, 1.807) is 6.07 Å². The van der Waals surface area contributed by atoms with Gasteiger partial charge >= 0.3 is 6.18 Å². The standard InChI is InChI=1S/C11H13F3N2O2/c1-16(6-11(12,13)14)10(17)9-7(15)4-3-5-8(9)18-2/h3-5H,6,15H2,1-2H3. The molecule has 0 spiro atoms. The molecule has 0 aromatic heterocycles. The van der Waals surface area contributed by atoms with Crippen LogP contribution in [0.3, 0.4) is 0 Å². The zero-order valence-corrected chi connectivity index (χ0v) is 9.91. The molecule has 0 fully saturated rings. The van der Waals surface area contributed by atoms with Gasteiger partial charge in [0.1, 0.15) is 17.9 Å². The Labute approximate surface area is 102 Å². The van der Waals surface area contributed by atoms with Gasteiger partial charge in [0, 0.05) is 12.7 Å². The van der Waals surface area contributed by atoms with E-state index in [1.165, 1.54) is 19.2 Å². The van der Waals surface area contributed by atoms with Gasteiger partial charge in [-0.3, -0.25) is 4.79 Å². The van der Waals surface area contributed by atoms with E-state index in [0.29, 0.717) is 4.90 Å². The number of hydrogen-bond donors (Lipinski definition) is 1. The Bertz CT molecular complexity index is 446. The van der Waals surface area contributed by atoms with E-state index in [2.05, 4.69) is 0 Å². The van der Waals surface area contributed by atoms with E-state index in [1.807, 2.05) is 0 Å². The van der Waals surface area contributed by atoms with E-state index in [-0.39, 0.29) is 17.0 Å². The van der Waals surface area contributed by atoms with Crippen LogP contribution in [0.1, 0.15) is 10.4 Å². The Morgan fingerprint density at radius 1 is 1.44 bits per heavy atom. The maximum absolute atomic E-state index is 12.2. The molecule has 1 rings (SSSR count). The smallest absolute Gasteiger partial charge is 0.406 e. The number of nitrogens with zero attached hydrogens (tertiary/aromatic N) is 1. The number of nitrogens with two attached hydrogens (primary N) is 1. The molecule has 0 atom stereocenters. The molecule has 1 aromatic rings. The monoisotopic (exact) mass is 262 g/mol. The predicted octanol–water partition coefficient (Wildman–Crippen LogP) is 1.91. The summed E-state index contributed by atoms with van der Waals surface area (Å²) in [6.07, 6.45) is -4.46. The number of methoxy groups -OCH3 is 1. The first-order chi connectivity index (χ1) is 8.26. The van der Waals surface area contributed by atoms with Crippen molar-refractivity contribution in [1.29, 1.82) is 0 Å². The number of carbonyl (C=O) groups is 1. The van der Waals surface area contributed by atoms with Crippen molar-refractivity contribution in [3.63, 3.8) is 0 Å². The molecule has 1 amide bonds. The molecule has 0 aliphatic rings. The van der Waals surface area contributed by atoms with Gasteiger partial charge in [0.15, 0.2) is 0 Å². The minimum absolute atomic E-state index is 0.0632. The van der Waals surface area contributed by atoms with Crippen LogP contribution < -0.4 is 10.5 Å². The van der Waals surface area contributed by atoms with Crippen LogP contribution in [0.25, 0.3) is 0 Å². The molecule has 0 heterocycles. The van der Waals surface area contributed by atoms with E-state index in [4.69, 9.17) is 10.5 Å². The van der Waals surface area contributed by atoms with E-state index in [9.17, 15) is 18.0 Å². The van der Waals surface area contributed by atoms with Crippen molar-refractivity contribution in [1.82, 2.24) is 4.90 Å². The molecule has 0 unspecified atom stereocenters. The fourth-order valence-electron chi connectivity index (χ4n) is 1.48. The first kappa shape index (κ1) is 14.1. The third-order valence-electron chi connectivity index (χ3n) is 2.26. The molecule has 7 heteroatoms. The van der Waals surface area contributed by atoms with Gasteiger partial charge < -0.3 is 15.4 Å². The summed E-state index contributed by atoms with van der Waals surface area (Å²) in [5, 5.41) is 0. The molecule has 0 radical (unpaired) electrons. The summed E-state index contributed by atoms with van der Waals surface area (Å²) in [6, 6.07) is 4.44. The van der Waals surface area contributed by atoms with Crippen LogP contribution in [0.15, 0.2) is 18.2 Å². The minimum atomic E-state index is -4.46. The van der Waals surface area contributed by atoms with Crippen LogP contribution in [-0.4, -0.2) is 37.7 Å². The molecule has 0 aliphatic carbocycles. The number of amides is 1. The quantitative estimate of drug-likeness (QED) is 0.846. The van der Waals surface area contributed by atoms with E-state index < -0.39 is 18.6 Å². The second kappa shape index (κ2) is 5.16. The molecule has 100 valence electrons. The summed E-state index contributed by atoms with van der Waals surface area (Å²) in [7, 11) is 2.37. The lowest BCUT2D eigenvalue weighted by Gasteiger charge is -2.20. The van der Waals surface area contributed by atoms with Crippen LogP contribution in [0.4, 0.5) is 18.9 Å². The molecule has 2 N–H and O–H groups in total. The summed E-state index contributed by atoms with van der Waals surface area (Å²) in [5.41, 5.74) is 5.60. The molecule has 0 bridgehead atoms. The van der Waals surface area contributed by atoms with Crippen LogP contribution >= 0.6 is 0 Å². The van der Waals surface area contributed by atoms with Crippen molar-refractivity contribution in [2.24, 2.45) is 0 Å². The van der Waals surface area contributed by atoms with E-state index in [0.717, 1.165) is 7.05 Å². The third kappa shape index (κ3) is 3.28.